The normalized spacial score (nSPS) is 17.7. The number of aryl methyl sites for hydroxylation is 2. The maximum Gasteiger partial charge on any atom is 0.228 e. The van der Waals surface area contributed by atoms with Crippen LogP contribution in [0.25, 0.3) is 0 Å². The summed E-state index contributed by atoms with van der Waals surface area (Å²) in [4.78, 5) is 12.6. The molecule has 1 aliphatic heterocycles. The molecule has 1 fully saturated rings. The van der Waals surface area contributed by atoms with E-state index in [1.165, 1.54) is 0 Å². The number of hydrogen-bond acceptors (Lipinski definition) is 4. The Morgan fingerprint density at radius 1 is 1.52 bits per heavy atom. The lowest BCUT2D eigenvalue weighted by molar-refractivity contribution is -0.136. The van der Waals surface area contributed by atoms with Gasteiger partial charge in [-0.1, -0.05) is 6.92 Å². The summed E-state index contributed by atoms with van der Waals surface area (Å²) in [7, 11) is 3.57. The Morgan fingerprint density at radius 2 is 2.24 bits per heavy atom. The molecule has 118 valence electrons. The minimum absolute atomic E-state index is 0.0942. The first-order valence-electron chi connectivity index (χ1n) is 7.60. The van der Waals surface area contributed by atoms with E-state index in [-0.39, 0.29) is 5.91 Å². The predicted molar refractivity (Wildman–Crippen MR) is 80.8 cm³/mol. The van der Waals surface area contributed by atoms with E-state index in [0.29, 0.717) is 13.2 Å². The molecule has 6 heteroatoms. The summed E-state index contributed by atoms with van der Waals surface area (Å²) in [5.74, 6) is 0.0942. The monoisotopic (exact) mass is 294 g/mol. The standard InChI is InChI=1S/C15H26N4O2/c1-4-13-12(10-19(2)18-13)9-17-14(20)15(11-21-3)5-7-16-8-6-15/h10,16H,4-9,11H2,1-3H3,(H,17,20). The Morgan fingerprint density at radius 3 is 2.86 bits per heavy atom. The molecule has 0 aliphatic carbocycles. The van der Waals surface area contributed by atoms with Gasteiger partial charge in [0.05, 0.1) is 17.7 Å². The average Bonchev–Trinajstić information content (AvgIpc) is 2.86. The Bertz CT molecular complexity index is 473. The molecule has 1 saturated heterocycles. The van der Waals surface area contributed by atoms with Crippen molar-refractivity contribution in [3.8, 4) is 0 Å². The molecule has 2 heterocycles. The summed E-state index contributed by atoms with van der Waals surface area (Å²) < 4.78 is 7.10. The van der Waals surface area contributed by atoms with Gasteiger partial charge < -0.3 is 15.4 Å². The fraction of sp³-hybridized carbons (Fsp3) is 0.733. The summed E-state index contributed by atoms with van der Waals surface area (Å²) in [6.45, 7) is 4.82. The van der Waals surface area contributed by atoms with Crippen molar-refractivity contribution in [3.63, 3.8) is 0 Å². The highest BCUT2D eigenvalue weighted by Gasteiger charge is 2.39. The van der Waals surface area contributed by atoms with Gasteiger partial charge in [0.2, 0.25) is 5.91 Å². The molecule has 1 amide bonds. The first-order valence-corrected chi connectivity index (χ1v) is 7.60. The van der Waals surface area contributed by atoms with Crippen LogP contribution in [0.4, 0.5) is 0 Å². The number of ether oxygens (including phenoxy) is 1. The number of nitrogens with zero attached hydrogens (tertiary/aromatic N) is 2. The van der Waals surface area contributed by atoms with Gasteiger partial charge in [0.25, 0.3) is 0 Å². The third kappa shape index (κ3) is 3.63. The lowest BCUT2D eigenvalue weighted by Gasteiger charge is -2.35. The molecule has 2 rings (SSSR count). The molecule has 0 unspecified atom stereocenters. The van der Waals surface area contributed by atoms with Crippen molar-refractivity contribution >= 4 is 5.91 Å². The maximum atomic E-state index is 12.6. The van der Waals surface area contributed by atoms with Gasteiger partial charge in [-0.2, -0.15) is 5.10 Å². The van der Waals surface area contributed by atoms with Gasteiger partial charge in [0.1, 0.15) is 0 Å². The van der Waals surface area contributed by atoms with Crippen LogP contribution < -0.4 is 10.6 Å². The smallest absolute Gasteiger partial charge is 0.228 e. The van der Waals surface area contributed by atoms with Crippen LogP contribution in [-0.2, 0) is 29.5 Å². The van der Waals surface area contributed by atoms with Crippen LogP contribution >= 0.6 is 0 Å². The Kier molecular flexibility index (Phi) is 5.36. The van der Waals surface area contributed by atoms with Gasteiger partial charge in [0, 0.05) is 32.5 Å². The molecule has 0 spiro atoms. The van der Waals surface area contributed by atoms with E-state index in [9.17, 15) is 4.79 Å². The zero-order valence-corrected chi connectivity index (χ0v) is 13.2. The van der Waals surface area contributed by atoms with Crippen LogP contribution in [0.1, 0.15) is 31.0 Å². The quantitative estimate of drug-likeness (QED) is 0.807. The molecule has 0 atom stereocenters. The minimum Gasteiger partial charge on any atom is -0.384 e. The molecule has 1 aromatic heterocycles. The molecule has 1 aromatic rings. The number of carbonyl (C=O) groups is 1. The number of methoxy groups -OCH3 is 1. The van der Waals surface area contributed by atoms with Crippen molar-refractivity contribution in [1.82, 2.24) is 20.4 Å². The van der Waals surface area contributed by atoms with E-state index in [1.807, 2.05) is 13.2 Å². The van der Waals surface area contributed by atoms with Crippen LogP contribution in [-0.4, -0.2) is 42.5 Å². The van der Waals surface area contributed by atoms with Crippen LogP contribution in [0.15, 0.2) is 6.20 Å². The minimum atomic E-state index is -0.394. The SMILES string of the molecule is CCc1nn(C)cc1CNC(=O)C1(COC)CCNCC1. The van der Waals surface area contributed by atoms with Gasteiger partial charge in [-0.25, -0.2) is 0 Å². The van der Waals surface area contributed by atoms with E-state index in [1.54, 1.807) is 11.8 Å². The molecule has 1 aliphatic rings. The second-order valence-electron chi connectivity index (χ2n) is 5.77. The zero-order chi connectivity index (χ0) is 15.3. The second kappa shape index (κ2) is 7.04. The van der Waals surface area contributed by atoms with Gasteiger partial charge in [-0.3, -0.25) is 9.48 Å². The number of carbonyl (C=O) groups excluding carboxylic acids is 1. The lowest BCUT2D eigenvalue weighted by atomic mass is 9.78. The van der Waals surface area contributed by atoms with Gasteiger partial charge in [0.15, 0.2) is 0 Å². The third-order valence-electron chi connectivity index (χ3n) is 4.23. The third-order valence-corrected chi connectivity index (χ3v) is 4.23. The van der Waals surface area contributed by atoms with Crippen molar-refractivity contribution in [1.29, 1.82) is 0 Å². The van der Waals surface area contributed by atoms with E-state index >= 15 is 0 Å². The van der Waals surface area contributed by atoms with Crippen molar-refractivity contribution < 1.29 is 9.53 Å². The summed E-state index contributed by atoms with van der Waals surface area (Å²) in [6.07, 6.45) is 4.49. The molecular weight excluding hydrogens is 268 g/mol. The number of amides is 1. The van der Waals surface area contributed by atoms with Crippen LogP contribution in [0.5, 0.6) is 0 Å². The van der Waals surface area contributed by atoms with Gasteiger partial charge in [-0.15, -0.1) is 0 Å². The first-order chi connectivity index (χ1) is 10.1. The lowest BCUT2D eigenvalue weighted by Crippen LogP contribution is -2.50. The Hall–Kier alpha value is -1.40. The molecule has 0 saturated carbocycles. The van der Waals surface area contributed by atoms with Crippen molar-refractivity contribution in [3.05, 3.63) is 17.5 Å². The fourth-order valence-electron chi connectivity index (χ4n) is 3.01. The summed E-state index contributed by atoms with van der Waals surface area (Å²) >= 11 is 0. The molecule has 0 radical (unpaired) electrons. The molecular formula is C15H26N4O2. The highest BCUT2D eigenvalue weighted by Crippen LogP contribution is 2.29. The number of piperidine rings is 1. The number of rotatable bonds is 6. The highest BCUT2D eigenvalue weighted by atomic mass is 16.5. The highest BCUT2D eigenvalue weighted by molar-refractivity contribution is 5.83. The van der Waals surface area contributed by atoms with E-state index in [2.05, 4.69) is 22.7 Å². The summed E-state index contributed by atoms with van der Waals surface area (Å²) in [6, 6.07) is 0. The Labute approximate surface area is 126 Å². The Balaban J connectivity index is 2.01. The fourth-order valence-corrected chi connectivity index (χ4v) is 3.01. The van der Waals surface area contributed by atoms with E-state index in [4.69, 9.17) is 4.74 Å². The zero-order valence-electron chi connectivity index (χ0n) is 13.2. The van der Waals surface area contributed by atoms with E-state index < -0.39 is 5.41 Å². The molecule has 21 heavy (non-hydrogen) atoms. The number of nitrogens with one attached hydrogen (secondary N) is 2. The van der Waals surface area contributed by atoms with E-state index in [0.717, 1.165) is 43.6 Å². The molecule has 0 bridgehead atoms. The van der Waals surface area contributed by atoms with Crippen LogP contribution in [0.2, 0.25) is 0 Å². The number of hydrogen-bond donors (Lipinski definition) is 2. The van der Waals surface area contributed by atoms with Crippen molar-refractivity contribution in [2.24, 2.45) is 12.5 Å². The van der Waals surface area contributed by atoms with Crippen molar-refractivity contribution in [2.45, 2.75) is 32.7 Å². The second-order valence-corrected chi connectivity index (χ2v) is 5.77. The van der Waals surface area contributed by atoms with Crippen LogP contribution in [0.3, 0.4) is 0 Å². The first kappa shape index (κ1) is 16.0. The summed E-state index contributed by atoms with van der Waals surface area (Å²) in [5, 5.41) is 10.8. The molecule has 0 aromatic carbocycles. The summed E-state index contributed by atoms with van der Waals surface area (Å²) in [5.41, 5.74) is 1.74. The van der Waals surface area contributed by atoms with Crippen LogP contribution in [0, 0.1) is 5.41 Å². The topological polar surface area (TPSA) is 68.2 Å². The predicted octanol–water partition coefficient (Wildman–Crippen LogP) is 0.615. The maximum absolute atomic E-state index is 12.6. The van der Waals surface area contributed by atoms with Crippen molar-refractivity contribution in [2.75, 3.05) is 26.8 Å². The average molecular weight is 294 g/mol. The van der Waals surface area contributed by atoms with Gasteiger partial charge >= 0.3 is 0 Å². The largest absolute Gasteiger partial charge is 0.384 e. The van der Waals surface area contributed by atoms with Gasteiger partial charge in [-0.05, 0) is 32.4 Å². The molecule has 6 nitrogen and oxygen atoms in total. The number of aromatic nitrogens is 2. The molecule has 2 N–H and O–H groups in total.